The van der Waals surface area contributed by atoms with Crippen molar-refractivity contribution in [3.8, 4) is 0 Å². The Balaban J connectivity index is 1.18. The summed E-state index contributed by atoms with van der Waals surface area (Å²) < 4.78 is 15.5. The fraction of sp³-hybridized carbons (Fsp3) is 0.400. The zero-order valence-electron chi connectivity index (χ0n) is 22.6. The maximum Gasteiger partial charge on any atom is 0.290 e. The number of imidazole rings is 1. The Labute approximate surface area is 225 Å². The first kappa shape index (κ1) is 25.3. The van der Waals surface area contributed by atoms with Crippen molar-refractivity contribution in [3.63, 3.8) is 0 Å². The van der Waals surface area contributed by atoms with Gasteiger partial charge in [-0.25, -0.2) is 9.37 Å². The molecule has 2 aromatic carbocycles. The number of para-hydroxylation sites is 2. The van der Waals surface area contributed by atoms with Crippen molar-refractivity contribution in [2.24, 2.45) is 18.4 Å². The van der Waals surface area contributed by atoms with Crippen molar-refractivity contribution < 1.29 is 18.8 Å². The highest BCUT2D eigenvalue weighted by Crippen LogP contribution is 2.38. The van der Waals surface area contributed by atoms with Crippen LogP contribution in [0.1, 0.15) is 54.7 Å². The van der Waals surface area contributed by atoms with E-state index in [9.17, 15) is 18.8 Å². The molecule has 0 radical (unpaired) electrons. The lowest BCUT2D eigenvalue weighted by atomic mass is 9.76. The Hall–Kier alpha value is -4.01. The molecule has 6 rings (SSSR count). The number of likely N-dealkylation sites (tertiary alicyclic amines) is 2. The fourth-order valence-electron chi connectivity index (χ4n) is 6.22. The van der Waals surface area contributed by atoms with E-state index in [2.05, 4.69) is 9.97 Å². The van der Waals surface area contributed by atoms with Crippen LogP contribution in [0.2, 0.25) is 0 Å². The van der Waals surface area contributed by atoms with E-state index in [0.717, 1.165) is 23.0 Å². The summed E-state index contributed by atoms with van der Waals surface area (Å²) in [4.78, 5) is 51.9. The van der Waals surface area contributed by atoms with Crippen LogP contribution in [0.4, 0.5) is 4.39 Å². The van der Waals surface area contributed by atoms with Gasteiger partial charge in [0.15, 0.2) is 11.6 Å². The smallest absolute Gasteiger partial charge is 0.290 e. The van der Waals surface area contributed by atoms with Crippen LogP contribution in [-0.2, 0) is 11.8 Å². The minimum atomic E-state index is -0.529. The third kappa shape index (κ3) is 4.30. The second-order valence-electron chi connectivity index (χ2n) is 11.9. The number of amides is 2. The zero-order valence-corrected chi connectivity index (χ0v) is 22.6. The number of hydrogen-bond acceptors (Lipinski definition) is 4. The molecule has 2 bridgehead atoms. The second kappa shape index (κ2) is 9.03. The number of hydrogen-bond donors (Lipinski definition) is 1. The molecule has 0 aliphatic carbocycles. The average molecular weight is 530 g/mol. The molecule has 2 amide bonds. The van der Waals surface area contributed by atoms with Gasteiger partial charge < -0.3 is 19.4 Å². The van der Waals surface area contributed by atoms with Crippen molar-refractivity contribution in [1.82, 2.24) is 24.3 Å². The van der Waals surface area contributed by atoms with Crippen LogP contribution in [0.25, 0.3) is 21.9 Å². The fourth-order valence-corrected chi connectivity index (χ4v) is 6.22. The van der Waals surface area contributed by atoms with Crippen LogP contribution in [0.3, 0.4) is 0 Å². The van der Waals surface area contributed by atoms with Crippen LogP contribution in [0.15, 0.2) is 48.5 Å². The highest BCUT2D eigenvalue weighted by molar-refractivity contribution is 6.02. The highest BCUT2D eigenvalue weighted by Gasteiger charge is 2.50. The highest BCUT2D eigenvalue weighted by atomic mass is 19.1. The standard InChI is InChI=1S/C30H32FN5O3/c1-30(2,3)21(14-26(37)25-12-17-11-18(31)9-10-24(17)34(25)4)28(38)35-15-20-13-19(35)16-36(20)29(39)27-32-22-7-5-6-8-23(22)33-27/h5-12,19-21H,13-16H2,1-4H3,(H,32,33)/t19-,20-,21+/m0/s1. The average Bonchev–Trinajstić information content (AvgIpc) is 3.67. The summed E-state index contributed by atoms with van der Waals surface area (Å²) in [6.07, 6.45) is 0.780. The van der Waals surface area contributed by atoms with E-state index in [4.69, 9.17) is 0 Å². The van der Waals surface area contributed by atoms with E-state index in [0.29, 0.717) is 30.0 Å². The van der Waals surface area contributed by atoms with E-state index in [1.807, 2.05) is 54.8 Å². The number of aryl methyl sites for hydroxylation is 1. The van der Waals surface area contributed by atoms with Crippen LogP contribution < -0.4 is 0 Å². The molecule has 0 spiro atoms. The quantitative estimate of drug-likeness (QED) is 0.384. The molecule has 2 aliphatic rings. The summed E-state index contributed by atoms with van der Waals surface area (Å²) in [6, 6.07) is 13.5. The molecule has 8 nitrogen and oxygen atoms in total. The molecule has 4 aromatic rings. The first-order valence-electron chi connectivity index (χ1n) is 13.4. The third-order valence-corrected chi connectivity index (χ3v) is 8.40. The van der Waals surface area contributed by atoms with E-state index in [-0.39, 0.29) is 41.9 Å². The molecule has 0 unspecified atom stereocenters. The number of aromatic amines is 1. The lowest BCUT2D eigenvalue weighted by molar-refractivity contribution is -0.141. The molecule has 2 aromatic heterocycles. The summed E-state index contributed by atoms with van der Waals surface area (Å²) in [5.74, 6) is -0.919. The number of carbonyl (C=O) groups is 3. The maximum absolute atomic E-state index is 13.9. The summed E-state index contributed by atoms with van der Waals surface area (Å²) in [5.41, 5.74) is 2.34. The largest absolute Gasteiger partial charge is 0.341 e. The third-order valence-electron chi connectivity index (χ3n) is 8.40. The molecule has 39 heavy (non-hydrogen) atoms. The topological polar surface area (TPSA) is 91.3 Å². The molecule has 9 heteroatoms. The Morgan fingerprint density at radius 3 is 2.46 bits per heavy atom. The second-order valence-corrected chi connectivity index (χ2v) is 11.9. The number of ketones is 1. The molecule has 2 aliphatic heterocycles. The van der Waals surface area contributed by atoms with Crippen molar-refractivity contribution in [2.75, 3.05) is 13.1 Å². The van der Waals surface area contributed by atoms with Gasteiger partial charge in [0, 0.05) is 37.5 Å². The Kier molecular flexibility index (Phi) is 5.86. The molecular formula is C30H32FN5O3. The van der Waals surface area contributed by atoms with Gasteiger partial charge in [0.1, 0.15) is 5.82 Å². The number of fused-ring (bicyclic) bond motifs is 4. The van der Waals surface area contributed by atoms with Crippen LogP contribution in [-0.4, -0.2) is 67.1 Å². The van der Waals surface area contributed by atoms with Gasteiger partial charge in [-0.2, -0.15) is 0 Å². The van der Waals surface area contributed by atoms with Gasteiger partial charge in [0.25, 0.3) is 5.91 Å². The molecule has 1 N–H and O–H groups in total. The SMILES string of the molecule is Cn1c(C(=O)C[C@H](C(=O)N2C[C@@H]3C[C@H]2CN3C(=O)c2nc3ccccc3[nH]2)C(C)(C)C)cc2cc(F)ccc21. The lowest BCUT2D eigenvalue weighted by Crippen LogP contribution is -2.53. The van der Waals surface area contributed by atoms with Gasteiger partial charge in [0.2, 0.25) is 5.91 Å². The summed E-state index contributed by atoms with van der Waals surface area (Å²) >= 11 is 0. The predicted molar refractivity (Wildman–Crippen MR) is 146 cm³/mol. The summed E-state index contributed by atoms with van der Waals surface area (Å²) in [7, 11) is 1.79. The van der Waals surface area contributed by atoms with E-state index in [1.54, 1.807) is 23.7 Å². The van der Waals surface area contributed by atoms with Crippen LogP contribution in [0.5, 0.6) is 0 Å². The first-order valence-corrected chi connectivity index (χ1v) is 13.4. The Morgan fingerprint density at radius 1 is 1.05 bits per heavy atom. The number of Topliss-reactive ketones (excluding diaryl/α,β-unsaturated/α-hetero) is 1. The molecule has 3 atom stereocenters. The van der Waals surface area contributed by atoms with E-state index in [1.165, 1.54) is 12.1 Å². The van der Waals surface area contributed by atoms with E-state index >= 15 is 0 Å². The van der Waals surface area contributed by atoms with Crippen molar-refractivity contribution in [3.05, 3.63) is 65.9 Å². The van der Waals surface area contributed by atoms with Gasteiger partial charge in [-0.3, -0.25) is 14.4 Å². The number of nitrogens with one attached hydrogen (secondary N) is 1. The van der Waals surface area contributed by atoms with Crippen LogP contribution in [0, 0.1) is 17.2 Å². The lowest BCUT2D eigenvalue weighted by Gasteiger charge is -2.38. The Morgan fingerprint density at radius 2 is 1.77 bits per heavy atom. The van der Waals surface area contributed by atoms with Gasteiger partial charge in [-0.05, 0) is 48.2 Å². The number of rotatable bonds is 5. The Bertz CT molecular complexity index is 1600. The first-order chi connectivity index (χ1) is 18.5. The normalized spacial score (nSPS) is 19.8. The minimum absolute atomic E-state index is 0.0519. The maximum atomic E-state index is 13.9. The van der Waals surface area contributed by atoms with E-state index < -0.39 is 11.3 Å². The minimum Gasteiger partial charge on any atom is -0.341 e. The van der Waals surface area contributed by atoms with Gasteiger partial charge in [-0.15, -0.1) is 0 Å². The molecule has 0 saturated carbocycles. The summed E-state index contributed by atoms with van der Waals surface area (Å²) in [6.45, 7) is 6.83. The van der Waals surface area contributed by atoms with Crippen LogP contribution >= 0.6 is 0 Å². The van der Waals surface area contributed by atoms with Gasteiger partial charge >= 0.3 is 0 Å². The summed E-state index contributed by atoms with van der Waals surface area (Å²) in [5, 5.41) is 0.658. The monoisotopic (exact) mass is 529 g/mol. The number of benzene rings is 2. The molecule has 2 fully saturated rings. The number of nitrogens with zero attached hydrogens (tertiary/aromatic N) is 4. The number of carbonyl (C=O) groups excluding carboxylic acids is 3. The van der Waals surface area contributed by atoms with Gasteiger partial charge in [0.05, 0.1) is 34.7 Å². The van der Waals surface area contributed by atoms with Crippen molar-refractivity contribution in [1.29, 1.82) is 0 Å². The number of piperazine rings is 1. The zero-order chi connectivity index (χ0) is 27.6. The van der Waals surface area contributed by atoms with Crippen molar-refractivity contribution >= 4 is 39.5 Å². The molecule has 2 saturated heterocycles. The molecule has 202 valence electrons. The predicted octanol–water partition coefficient (Wildman–Crippen LogP) is 4.55. The number of aromatic nitrogens is 3. The van der Waals surface area contributed by atoms with Gasteiger partial charge in [-0.1, -0.05) is 32.9 Å². The van der Waals surface area contributed by atoms with Crippen molar-refractivity contribution in [2.45, 2.75) is 45.7 Å². The molecular weight excluding hydrogens is 497 g/mol. The number of halogens is 1. The molecule has 4 heterocycles. The number of H-pyrrole nitrogens is 1.